The summed E-state index contributed by atoms with van der Waals surface area (Å²) in [6, 6.07) is 40.2. The molecule has 0 spiro atoms. The quantitative estimate of drug-likeness (QED) is 0.159. The highest BCUT2D eigenvalue weighted by molar-refractivity contribution is 5.80. The Hall–Kier alpha value is -4.27. The first kappa shape index (κ1) is 29.8. The van der Waals surface area contributed by atoms with E-state index in [1.54, 1.807) is 0 Å². The van der Waals surface area contributed by atoms with E-state index in [9.17, 15) is 4.79 Å². The van der Waals surface area contributed by atoms with Crippen molar-refractivity contribution in [2.75, 3.05) is 6.61 Å². The van der Waals surface area contributed by atoms with Crippen molar-refractivity contribution >= 4 is 16.9 Å². The van der Waals surface area contributed by atoms with Crippen LogP contribution in [0.1, 0.15) is 35.4 Å². The number of carbonyl (C=O) groups excluding carboxylic acids is 1. The second-order valence-electron chi connectivity index (χ2n) is 11.0. The van der Waals surface area contributed by atoms with Crippen molar-refractivity contribution in [2.24, 2.45) is 0 Å². The zero-order valence-electron chi connectivity index (χ0n) is 24.7. The number of nitrogens with one attached hydrogen (secondary N) is 1. The van der Waals surface area contributed by atoms with Crippen LogP contribution in [0.15, 0.2) is 121 Å². The summed E-state index contributed by atoms with van der Waals surface area (Å²) in [6.45, 7) is 2.45. The third kappa shape index (κ3) is 7.44. The second-order valence-corrected chi connectivity index (χ2v) is 11.0. The smallest absolute Gasteiger partial charge is 0.302 e. The molecule has 0 amide bonds. The summed E-state index contributed by atoms with van der Waals surface area (Å²) >= 11 is 0. The lowest BCUT2D eigenvalue weighted by Gasteiger charge is -2.46. The third-order valence-electron chi connectivity index (χ3n) is 7.80. The van der Waals surface area contributed by atoms with Gasteiger partial charge in [-0.2, -0.15) is 0 Å². The molecule has 0 saturated carbocycles. The maximum atomic E-state index is 12.0. The maximum absolute atomic E-state index is 12.0. The van der Waals surface area contributed by atoms with E-state index in [0.29, 0.717) is 19.8 Å². The number of benzene rings is 4. The number of aromatic nitrogens is 1. The number of fused-ring (bicyclic) bond motifs is 1. The molecule has 44 heavy (non-hydrogen) atoms. The van der Waals surface area contributed by atoms with Crippen LogP contribution < -0.4 is 0 Å². The number of carbonyl (C=O) groups is 1. The van der Waals surface area contributed by atoms with Gasteiger partial charge >= 0.3 is 5.97 Å². The van der Waals surface area contributed by atoms with E-state index in [0.717, 1.165) is 33.3 Å². The van der Waals surface area contributed by atoms with Gasteiger partial charge in [-0.25, -0.2) is 0 Å². The van der Waals surface area contributed by atoms with Crippen molar-refractivity contribution in [3.63, 3.8) is 0 Å². The van der Waals surface area contributed by atoms with Gasteiger partial charge in [0.1, 0.15) is 37.1 Å². The van der Waals surface area contributed by atoms with Gasteiger partial charge in [-0.15, -0.1) is 0 Å². The highest BCUT2D eigenvalue weighted by Crippen LogP contribution is 2.39. The van der Waals surface area contributed by atoms with Crippen molar-refractivity contribution in [1.82, 2.24) is 4.98 Å². The van der Waals surface area contributed by atoms with Crippen LogP contribution in [0.2, 0.25) is 0 Å². The minimum absolute atomic E-state index is 0.0160. The van der Waals surface area contributed by atoms with E-state index >= 15 is 0 Å². The lowest BCUT2D eigenvalue weighted by molar-refractivity contribution is -0.274. The first-order chi connectivity index (χ1) is 21.6. The van der Waals surface area contributed by atoms with Crippen molar-refractivity contribution in [3.8, 4) is 0 Å². The first-order valence-corrected chi connectivity index (χ1v) is 15.0. The minimum atomic E-state index is -0.614. The molecule has 6 rings (SSSR count). The highest BCUT2D eigenvalue weighted by atomic mass is 16.6. The van der Waals surface area contributed by atoms with Gasteiger partial charge in [0.05, 0.1) is 19.8 Å². The molecule has 1 aromatic heterocycles. The summed E-state index contributed by atoms with van der Waals surface area (Å²) < 4.78 is 32.4. The predicted molar refractivity (Wildman–Crippen MR) is 168 cm³/mol. The molecule has 4 aromatic carbocycles. The van der Waals surface area contributed by atoms with Crippen LogP contribution in [0.25, 0.3) is 10.9 Å². The molecule has 1 aliphatic rings. The molecule has 226 valence electrons. The summed E-state index contributed by atoms with van der Waals surface area (Å²) in [7, 11) is 0. The van der Waals surface area contributed by atoms with Crippen molar-refractivity contribution in [3.05, 3.63) is 144 Å². The molecule has 1 N–H and O–H groups in total. The normalized spacial score (nSPS) is 21.7. The van der Waals surface area contributed by atoms with Crippen LogP contribution in [-0.4, -0.2) is 42.0 Å². The van der Waals surface area contributed by atoms with E-state index in [4.69, 9.17) is 23.7 Å². The van der Waals surface area contributed by atoms with Crippen LogP contribution in [0.4, 0.5) is 0 Å². The Balaban J connectivity index is 1.38. The number of esters is 1. The molecule has 1 saturated heterocycles. The van der Waals surface area contributed by atoms with Crippen LogP contribution in [0.3, 0.4) is 0 Å². The number of rotatable bonds is 12. The fourth-order valence-electron chi connectivity index (χ4n) is 5.62. The number of ether oxygens (including phenoxy) is 5. The van der Waals surface area contributed by atoms with Gasteiger partial charge in [0.2, 0.25) is 0 Å². The Kier molecular flexibility index (Phi) is 9.79. The Morgan fingerprint density at radius 1 is 0.659 bits per heavy atom. The Morgan fingerprint density at radius 2 is 1.16 bits per heavy atom. The molecule has 0 unspecified atom stereocenters. The Bertz CT molecular complexity index is 1570. The Labute approximate surface area is 257 Å². The lowest BCUT2D eigenvalue weighted by Crippen LogP contribution is -2.58. The van der Waals surface area contributed by atoms with Crippen molar-refractivity contribution < 1.29 is 28.5 Å². The number of hydrogen-bond donors (Lipinski definition) is 1. The van der Waals surface area contributed by atoms with Crippen LogP contribution in [0.5, 0.6) is 0 Å². The van der Waals surface area contributed by atoms with E-state index < -0.39 is 30.5 Å². The van der Waals surface area contributed by atoms with Gasteiger partial charge in [-0.3, -0.25) is 4.79 Å². The molecule has 2 heterocycles. The molecule has 5 atom stereocenters. The van der Waals surface area contributed by atoms with Crippen molar-refractivity contribution in [2.45, 2.75) is 57.3 Å². The zero-order chi connectivity index (χ0) is 30.1. The summed E-state index contributed by atoms with van der Waals surface area (Å²) in [5, 5.41) is 1.06. The molecule has 1 fully saturated rings. The predicted octanol–water partition coefficient (Wildman–Crippen LogP) is 6.93. The van der Waals surface area contributed by atoms with E-state index in [1.807, 2.05) is 109 Å². The van der Waals surface area contributed by atoms with Gasteiger partial charge in [-0.05, 0) is 34.2 Å². The summed E-state index contributed by atoms with van der Waals surface area (Å²) in [5.41, 5.74) is 4.93. The fraction of sp³-hybridized carbons (Fsp3) is 0.270. The summed E-state index contributed by atoms with van der Waals surface area (Å²) in [4.78, 5) is 15.5. The number of H-pyrrole nitrogens is 1. The van der Waals surface area contributed by atoms with Gasteiger partial charge in [0.15, 0.2) is 0 Å². The van der Waals surface area contributed by atoms with E-state index in [-0.39, 0.29) is 12.6 Å². The summed E-state index contributed by atoms with van der Waals surface area (Å²) in [5.74, 6) is -0.387. The topological polar surface area (TPSA) is 79.0 Å². The lowest BCUT2D eigenvalue weighted by atomic mass is 9.92. The highest BCUT2D eigenvalue weighted by Gasteiger charge is 2.49. The standard InChI is InChI=1S/C37H37NO6/c1-26(39)40-25-33-35(41-22-27-13-5-2-6-14-27)37(43-24-29-17-9-4-10-18-29)36(42-23-28-15-7-3-8-16-28)34(44-33)32-21-30-19-11-12-20-31(30)38-32/h2-21,33-38H,22-25H2,1H3/t33-,34-,35-,36-,37+/m1/s1. The van der Waals surface area contributed by atoms with Crippen LogP contribution >= 0.6 is 0 Å². The molecule has 7 heteroatoms. The second kappa shape index (κ2) is 14.5. The monoisotopic (exact) mass is 591 g/mol. The van der Waals surface area contributed by atoms with Gasteiger partial charge in [-0.1, -0.05) is 109 Å². The average molecular weight is 592 g/mol. The molecular weight excluding hydrogens is 554 g/mol. The van der Waals surface area contributed by atoms with E-state index in [2.05, 4.69) is 17.1 Å². The molecule has 0 radical (unpaired) electrons. The SMILES string of the molecule is CC(=O)OC[C@H]1O[C@H](c2cc3ccccc3[nH]2)[C@@H](OCc2ccccc2)[C@@H](OCc2ccccc2)[C@@H]1OCc1ccccc1. The average Bonchev–Trinajstić information content (AvgIpc) is 3.50. The van der Waals surface area contributed by atoms with Crippen LogP contribution in [-0.2, 0) is 48.3 Å². The molecule has 1 aliphatic heterocycles. The van der Waals surface area contributed by atoms with E-state index in [1.165, 1.54) is 6.92 Å². The first-order valence-electron chi connectivity index (χ1n) is 15.0. The number of para-hydroxylation sites is 1. The molecule has 7 nitrogen and oxygen atoms in total. The molecule has 0 bridgehead atoms. The minimum Gasteiger partial charge on any atom is -0.463 e. The number of hydrogen-bond acceptors (Lipinski definition) is 6. The van der Waals surface area contributed by atoms with Gasteiger partial charge < -0.3 is 28.7 Å². The van der Waals surface area contributed by atoms with Crippen molar-refractivity contribution in [1.29, 1.82) is 0 Å². The fourth-order valence-corrected chi connectivity index (χ4v) is 5.62. The summed E-state index contributed by atoms with van der Waals surface area (Å²) in [6.07, 6.45) is -2.88. The van der Waals surface area contributed by atoms with Gasteiger partial charge in [0.25, 0.3) is 0 Å². The van der Waals surface area contributed by atoms with Gasteiger partial charge in [0, 0.05) is 18.1 Å². The number of aromatic amines is 1. The molecular formula is C37H37NO6. The zero-order valence-corrected chi connectivity index (χ0v) is 24.7. The Morgan fingerprint density at radius 3 is 1.70 bits per heavy atom. The third-order valence-corrected chi connectivity index (χ3v) is 7.80. The molecule has 5 aromatic rings. The largest absolute Gasteiger partial charge is 0.463 e. The van der Waals surface area contributed by atoms with Crippen LogP contribution in [0, 0.1) is 0 Å². The maximum Gasteiger partial charge on any atom is 0.302 e. The molecule has 0 aliphatic carbocycles.